The van der Waals surface area contributed by atoms with Gasteiger partial charge in [0, 0.05) is 13.1 Å². The molecular weight excluding hydrogens is 226 g/mol. The van der Waals surface area contributed by atoms with Crippen LogP contribution in [-0.2, 0) is 4.79 Å². The molecule has 0 atom stereocenters. The molecule has 2 rings (SSSR count). The summed E-state index contributed by atoms with van der Waals surface area (Å²) >= 11 is 0. The number of carbonyl (C=O) groups excluding carboxylic acids is 1. The molecule has 0 aliphatic carbocycles. The lowest BCUT2D eigenvalue weighted by Crippen LogP contribution is -2.41. The van der Waals surface area contributed by atoms with E-state index in [1.165, 1.54) is 19.3 Å². The Morgan fingerprint density at radius 3 is 2.72 bits per heavy atom. The summed E-state index contributed by atoms with van der Waals surface area (Å²) in [6, 6.07) is 0. The number of rotatable bonds is 4. The summed E-state index contributed by atoms with van der Waals surface area (Å²) < 4.78 is 0. The third-order valence-electron chi connectivity index (χ3n) is 4.26. The van der Waals surface area contributed by atoms with E-state index in [4.69, 9.17) is 0 Å². The minimum atomic E-state index is 0.190. The zero-order chi connectivity index (χ0) is 13.0. The lowest BCUT2D eigenvalue weighted by molar-refractivity contribution is -0.122. The Kier molecular flexibility index (Phi) is 4.62. The fourth-order valence-corrected chi connectivity index (χ4v) is 3.10. The Labute approximate surface area is 110 Å². The maximum atomic E-state index is 11.8. The first-order valence-corrected chi connectivity index (χ1v) is 7.29. The van der Waals surface area contributed by atoms with Gasteiger partial charge in [0.2, 0.25) is 5.91 Å². The molecule has 1 amide bonds. The van der Waals surface area contributed by atoms with Crippen molar-refractivity contribution in [1.29, 1.82) is 0 Å². The van der Waals surface area contributed by atoms with Crippen molar-refractivity contribution in [2.75, 3.05) is 39.3 Å². The van der Waals surface area contributed by atoms with Crippen molar-refractivity contribution in [3.05, 3.63) is 0 Å². The quantitative estimate of drug-likeness (QED) is 0.780. The van der Waals surface area contributed by atoms with Gasteiger partial charge in [-0.05, 0) is 50.2 Å². The summed E-state index contributed by atoms with van der Waals surface area (Å²) in [6.45, 7) is 10.1. The molecule has 0 unspecified atom stereocenters. The van der Waals surface area contributed by atoms with Gasteiger partial charge in [-0.3, -0.25) is 9.69 Å². The number of likely N-dealkylation sites (tertiary alicyclic amines) is 1. The number of carbonyl (C=O) groups is 1. The zero-order valence-electron chi connectivity index (χ0n) is 11.8. The molecule has 0 aromatic carbocycles. The topological polar surface area (TPSA) is 44.4 Å². The number of nitrogens with one attached hydrogen (secondary N) is 2. The average molecular weight is 253 g/mol. The van der Waals surface area contributed by atoms with Gasteiger partial charge in [0.15, 0.2) is 0 Å². The maximum Gasteiger partial charge on any atom is 0.234 e. The maximum absolute atomic E-state index is 11.8. The summed E-state index contributed by atoms with van der Waals surface area (Å²) in [4.78, 5) is 14.1. The molecule has 2 heterocycles. The highest BCUT2D eigenvalue weighted by atomic mass is 16.2. The second kappa shape index (κ2) is 6.02. The van der Waals surface area contributed by atoms with Crippen molar-refractivity contribution >= 4 is 5.91 Å². The molecule has 0 bridgehead atoms. The van der Waals surface area contributed by atoms with E-state index in [1.54, 1.807) is 0 Å². The van der Waals surface area contributed by atoms with E-state index in [0.717, 1.165) is 32.7 Å². The lowest BCUT2D eigenvalue weighted by atomic mass is 9.78. The van der Waals surface area contributed by atoms with Gasteiger partial charge >= 0.3 is 0 Å². The molecule has 2 fully saturated rings. The molecule has 0 saturated carbocycles. The van der Waals surface area contributed by atoms with Crippen molar-refractivity contribution in [3.8, 4) is 0 Å². The van der Waals surface area contributed by atoms with Crippen LogP contribution >= 0.6 is 0 Å². The monoisotopic (exact) mass is 253 g/mol. The van der Waals surface area contributed by atoms with Gasteiger partial charge in [0.05, 0.1) is 6.54 Å². The largest absolute Gasteiger partial charge is 0.355 e. The van der Waals surface area contributed by atoms with Gasteiger partial charge < -0.3 is 10.6 Å². The third-order valence-corrected chi connectivity index (χ3v) is 4.26. The van der Waals surface area contributed by atoms with Crippen LogP contribution in [0.1, 0.15) is 33.1 Å². The first-order valence-electron chi connectivity index (χ1n) is 7.29. The molecular formula is C14H27N3O. The smallest absolute Gasteiger partial charge is 0.234 e. The zero-order valence-corrected chi connectivity index (χ0v) is 11.8. The van der Waals surface area contributed by atoms with Crippen LogP contribution in [0.2, 0.25) is 0 Å². The van der Waals surface area contributed by atoms with Crippen molar-refractivity contribution in [2.24, 2.45) is 11.3 Å². The SMILES string of the molecule is CC(C)CNC(=O)CN1CCC2(CCNCC2)C1. The first-order chi connectivity index (χ1) is 8.60. The number of piperidine rings is 1. The number of hydrogen-bond donors (Lipinski definition) is 2. The highest BCUT2D eigenvalue weighted by molar-refractivity contribution is 5.78. The van der Waals surface area contributed by atoms with Crippen LogP contribution in [0.3, 0.4) is 0 Å². The van der Waals surface area contributed by atoms with Crippen LogP contribution in [0.4, 0.5) is 0 Å². The van der Waals surface area contributed by atoms with Crippen molar-refractivity contribution in [3.63, 3.8) is 0 Å². The van der Waals surface area contributed by atoms with Crippen LogP contribution in [0.15, 0.2) is 0 Å². The van der Waals surface area contributed by atoms with Gasteiger partial charge in [0.1, 0.15) is 0 Å². The van der Waals surface area contributed by atoms with Gasteiger partial charge in [-0.2, -0.15) is 0 Å². The number of hydrogen-bond acceptors (Lipinski definition) is 3. The van der Waals surface area contributed by atoms with Crippen LogP contribution in [-0.4, -0.2) is 50.1 Å². The molecule has 0 aromatic rings. The van der Waals surface area contributed by atoms with Crippen molar-refractivity contribution in [2.45, 2.75) is 33.1 Å². The lowest BCUT2D eigenvalue weighted by Gasteiger charge is -2.33. The highest BCUT2D eigenvalue weighted by Gasteiger charge is 2.39. The Balaban J connectivity index is 1.73. The summed E-state index contributed by atoms with van der Waals surface area (Å²) in [5, 5.41) is 6.43. The molecule has 2 aliphatic heterocycles. The fraction of sp³-hybridized carbons (Fsp3) is 0.929. The minimum absolute atomic E-state index is 0.190. The molecule has 104 valence electrons. The standard InChI is InChI=1S/C14H27N3O/c1-12(2)9-16-13(18)10-17-8-5-14(11-17)3-6-15-7-4-14/h12,15H,3-11H2,1-2H3,(H,16,18). The van der Waals surface area contributed by atoms with E-state index in [9.17, 15) is 4.79 Å². The number of nitrogens with zero attached hydrogens (tertiary/aromatic N) is 1. The molecule has 0 aromatic heterocycles. The minimum Gasteiger partial charge on any atom is -0.355 e. The Hall–Kier alpha value is -0.610. The predicted molar refractivity (Wildman–Crippen MR) is 73.4 cm³/mol. The van der Waals surface area contributed by atoms with E-state index in [2.05, 4.69) is 29.4 Å². The van der Waals surface area contributed by atoms with E-state index < -0.39 is 0 Å². The predicted octanol–water partition coefficient (Wildman–Crippen LogP) is 0.834. The summed E-state index contributed by atoms with van der Waals surface area (Å²) in [7, 11) is 0. The van der Waals surface area contributed by atoms with E-state index in [-0.39, 0.29) is 5.91 Å². The van der Waals surface area contributed by atoms with Crippen LogP contribution in [0.5, 0.6) is 0 Å². The Bertz CT molecular complexity index is 285. The van der Waals surface area contributed by atoms with E-state index >= 15 is 0 Å². The molecule has 0 radical (unpaired) electrons. The second-order valence-electron chi connectivity index (χ2n) is 6.41. The molecule has 2 N–H and O–H groups in total. The Morgan fingerprint density at radius 1 is 1.33 bits per heavy atom. The first kappa shape index (κ1) is 13.8. The van der Waals surface area contributed by atoms with Gasteiger partial charge in [-0.1, -0.05) is 13.8 Å². The van der Waals surface area contributed by atoms with Crippen LogP contribution in [0.25, 0.3) is 0 Å². The van der Waals surface area contributed by atoms with Crippen molar-refractivity contribution < 1.29 is 4.79 Å². The third kappa shape index (κ3) is 3.69. The molecule has 1 spiro atoms. The summed E-state index contributed by atoms with van der Waals surface area (Å²) in [5.41, 5.74) is 0.504. The Morgan fingerprint density at radius 2 is 2.06 bits per heavy atom. The van der Waals surface area contributed by atoms with E-state index in [0.29, 0.717) is 17.9 Å². The van der Waals surface area contributed by atoms with Gasteiger partial charge in [-0.15, -0.1) is 0 Å². The molecule has 2 aliphatic rings. The second-order valence-corrected chi connectivity index (χ2v) is 6.41. The van der Waals surface area contributed by atoms with Crippen LogP contribution in [0, 0.1) is 11.3 Å². The van der Waals surface area contributed by atoms with Crippen LogP contribution < -0.4 is 10.6 Å². The normalized spacial score (nSPS) is 23.7. The summed E-state index contributed by atoms with van der Waals surface area (Å²) in [6.07, 6.45) is 3.82. The van der Waals surface area contributed by atoms with Gasteiger partial charge in [-0.25, -0.2) is 0 Å². The highest BCUT2D eigenvalue weighted by Crippen LogP contribution is 2.38. The average Bonchev–Trinajstić information content (AvgIpc) is 2.70. The molecule has 4 nitrogen and oxygen atoms in total. The fourth-order valence-electron chi connectivity index (χ4n) is 3.10. The van der Waals surface area contributed by atoms with Gasteiger partial charge in [0.25, 0.3) is 0 Å². The van der Waals surface area contributed by atoms with E-state index in [1.807, 2.05) is 0 Å². The van der Waals surface area contributed by atoms with Crippen molar-refractivity contribution in [1.82, 2.24) is 15.5 Å². The molecule has 2 saturated heterocycles. The number of amides is 1. The molecule has 18 heavy (non-hydrogen) atoms. The summed E-state index contributed by atoms with van der Waals surface area (Å²) in [5.74, 6) is 0.720. The molecule has 4 heteroatoms.